The number of nitrogens with zero attached hydrogens (tertiary/aromatic N) is 4. The standard InChI is InChI=1S/C5H11N5O/c1-4(11)3-6-5-7-8-9-10(5)2/h4,11H,3H2,1-2H3,(H,6,7,9)/t4-/m1/s1. The monoisotopic (exact) mass is 157 g/mol. The Hall–Kier alpha value is -1.17. The second kappa shape index (κ2) is 3.29. The van der Waals surface area contributed by atoms with E-state index in [0.29, 0.717) is 12.5 Å². The van der Waals surface area contributed by atoms with Crippen LogP contribution in [0, 0.1) is 0 Å². The van der Waals surface area contributed by atoms with Crippen LogP contribution in [-0.4, -0.2) is 38.0 Å². The summed E-state index contributed by atoms with van der Waals surface area (Å²) in [7, 11) is 1.73. The van der Waals surface area contributed by atoms with Gasteiger partial charge in [0.05, 0.1) is 6.10 Å². The molecule has 6 heteroatoms. The number of nitrogens with one attached hydrogen (secondary N) is 1. The molecule has 1 atom stereocenters. The van der Waals surface area contributed by atoms with Crippen LogP contribution in [0.5, 0.6) is 0 Å². The first-order valence-electron chi connectivity index (χ1n) is 3.34. The molecule has 0 aromatic carbocycles. The van der Waals surface area contributed by atoms with Gasteiger partial charge in [-0.3, -0.25) is 0 Å². The van der Waals surface area contributed by atoms with Crippen LogP contribution in [0.25, 0.3) is 0 Å². The molecule has 1 heterocycles. The zero-order chi connectivity index (χ0) is 8.27. The summed E-state index contributed by atoms with van der Waals surface area (Å²) < 4.78 is 1.50. The first kappa shape index (κ1) is 7.93. The van der Waals surface area contributed by atoms with Gasteiger partial charge in [-0.25, -0.2) is 4.68 Å². The van der Waals surface area contributed by atoms with Crippen LogP contribution in [-0.2, 0) is 7.05 Å². The number of aryl methyl sites for hydroxylation is 1. The second-order valence-corrected chi connectivity index (χ2v) is 2.36. The van der Waals surface area contributed by atoms with Gasteiger partial charge in [-0.15, -0.1) is 0 Å². The number of aliphatic hydroxyl groups excluding tert-OH is 1. The highest BCUT2D eigenvalue weighted by molar-refractivity contribution is 5.20. The molecule has 2 N–H and O–H groups in total. The molecule has 0 aliphatic heterocycles. The maximum Gasteiger partial charge on any atom is 0.242 e. The van der Waals surface area contributed by atoms with E-state index in [1.54, 1.807) is 14.0 Å². The van der Waals surface area contributed by atoms with Crippen LogP contribution in [0.15, 0.2) is 0 Å². The Kier molecular flexibility index (Phi) is 2.37. The number of anilines is 1. The molecule has 11 heavy (non-hydrogen) atoms. The minimum absolute atomic E-state index is 0.397. The third kappa shape index (κ3) is 2.15. The third-order valence-electron chi connectivity index (χ3n) is 1.18. The average molecular weight is 157 g/mol. The lowest BCUT2D eigenvalue weighted by molar-refractivity contribution is 0.208. The highest BCUT2D eigenvalue weighted by atomic mass is 16.3. The van der Waals surface area contributed by atoms with Crippen molar-refractivity contribution in [2.75, 3.05) is 11.9 Å². The lowest BCUT2D eigenvalue weighted by atomic mass is 10.4. The van der Waals surface area contributed by atoms with Gasteiger partial charge in [0.25, 0.3) is 0 Å². The highest BCUT2D eigenvalue weighted by Crippen LogP contribution is 1.94. The van der Waals surface area contributed by atoms with Gasteiger partial charge in [0.15, 0.2) is 0 Å². The van der Waals surface area contributed by atoms with Crippen LogP contribution in [0.3, 0.4) is 0 Å². The van der Waals surface area contributed by atoms with E-state index in [1.807, 2.05) is 0 Å². The topological polar surface area (TPSA) is 75.9 Å². The van der Waals surface area contributed by atoms with Crippen LogP contribution < -0.4 is 5.32 Å². The molecule has 0 aliphatic rings. The summed E-state index contributed by atoms with van der Waals surface area (Å²) in [6.07, 6.45) is -0.397. The number of tetrazole rings is 1. The van der Waals surface area contributed by atoms with Gasteiger partial charge < -0.3 is 10.4 Å². The van der Waals surface area contributed by atoms with Gasteiger partial charge in [-0.1, -0.05) is 5.10 Å². The fourth-order valence-corrected chi connectivity index (χ4v) is 0.618. The van der Waals surface area contributed by atoms with Gasteiger partial charge in [0, 0.05) is 13.6 Å². The Bertz CT molecular complexity index is 220. The number of aliphatic hydroxyl groups is 1. The number of hydrogen-bond donors (Lipinski definition) is 2. The lowest BCUT2D eigenvalue weighted by Crippen LogP contribution is -2.17. The summed E-state index contributed by atoms with van der Waals surface area (Å²) in [6, 6.07) is 0. The number of aromatic nitrogens is 4. The van der Waals surface area contributed by atoms with Crippen molar-refractivity contribution in [3.8, 4) is 0 Å². The largest absolute Gasteiger partial charge is 0.392 e. The van der Waals surface area contributed by atoms with Crippen molar-refractivity contribution in [3.63, 3.8) is 0 Å². The second-order valence-electron chi connectivity index (χ2n) is 2.36. The average Bonchev–Trinajstić information content (AvgIpc) is 2.31. The van der Waals surface area contributed by atoms with E-state index in [1.165, 1.54) is 4.68 Å². The summed E-state index contributed by atoms with van der Waals surface area (Å²) >= 11 is 0. The number of hydrogen-bond acceptors (Lipinski definition) is 5. The Morgan fingerprint density at radius 1 is 1.73 bits per heavy atom. The van der Waals surface area contributed by atoms with Gasteiger partial charge in [-0.05, 0) is 17.4 Å². The zero-order valence-corrected chi connectivity index (χ0v) is 6.52. The molecular weight excluding hydrogens is 146 g/mol. The van der Waals surface area contributed by atoms with E-state index in [9.17, 15) is 0 Å². The molecule has 1 aromatic heterocycles. The van der Waals surface area contributed by atoms with Crippen molar-refractivity contribution in [2.24, 2.45) is 7.05 Å². The Balaban J connectivity index is 2.44. The molecule has 1 aromatic rings. The van der Waals surface area contributed by atoms with Crippen LogP contribution >= 0.6 is 0 Å². The predicted molar refractivity (Wildman–Crippen MR) is 39.0 cm³/mol. The summed E-state index contributed by atoms with van der Waals surface area (Å²) in [5, 5.41) is 22.5. The molecule has 0 unspecified atom stereocenters. The molecule has 62 valence electrons. The van der Waals surface area contributed by atoms with Crippen LogP contribution in [0.4, 0.5) is 5.95 Å². The smallest absolute Gasteiger partial charge is 0.242 e. The van der Waals surface area contributed by atoms with E-state index in [2.05, 4.69) is 20.8 Å². The molecule has 0 amide bonds. The zero-order valence-electron chi connectivity index (χ0n) is 6.52. The molecule has 1 rings (SSSR count). The maximum atomic E-state index is 8.90. The fourth-order valence-electron chi connectivity index (χ4n) is 0.618. The summed E-state index contributed by atoms with van der Waals surface area (Å²) in [5.41, 5.74) is 0. The van der Waals surface area contributed by atoms with Crippen LogP contribution in [0.1, 0.15) is 6.92 Å². The van der Waals surface area contributed by atoms with E-state index in [-0.39, 0.29) is 0 Å². The fraction of sp³-hybridized carbons (Fsp3) is 0.800. The molecule has 0 saturated carbocycles. The molecule has 0 spiro atoms. The van der Waals surface area contributed by atoms with E-state index in [4.69, 9.17) is 5.11 Å². The van der Waals surface area contributed by atoms with Gasteiger partial charge in [0.1, 0.15) is 0 Å². The van der Waals surface area contributed by atoms with Gasteiger partial charge >= 0.3 is 0 Å². The molecule has 0 bridgehead atoms. The first-order valence-corrected chi connectivity index (χ1v) is 3.34. The van der Waals surface area contributed by atoms with E-state index >= 15 is 0 Å². The minimum atomic E-state index is -0.397. The SMILES string of the molecule is C[C@@H](O)CNc1nnnn1C. The Morgan fingerprint density at radius 2 is 2.45 bits per heavy atom. The Morgan fingerprint density at radius 3 is 2.91 bits per heavy atom. The van der Waals surface area contributed by atoms with Crippen molar-refractivity contribution in [1.82, 2.24) is 20.2 Å². The summed E-state index contributed by atoms with van der Waals surface area (Å²) in [4.78, 5) is 0. The van der Waals surface area contributed by atoms with E-state index in [0.717, 1.165) is 0 Å². The molecule has 0 radical (unpaired) electrons. The van der Waals surface area contributed by atoms with Crippen molar-refractivity contribution in [3.05, 3.63) is 0 Å². The van der Waals surface area contributed by atoms with Gasteiger partial charge in [0.2, 0.25) is 5.95 Å². The summed E-state index contributed by atoms with van der Waals surface area (Å²) in [6.45, 7) is 2.14. The van der Waals surface area contributed by atoms with Crippen molar-refractivity contribution in [2.45, 2.75) is 13.0 Å². The van der Waals surface area contributed by atoms with E-state index < -0.39 is 6.10 Å². The minimum Gasteiger partial charge on any atom is -0.392 e. The first-order chi connectivity index (χ1) is 5.20. The molecule has 6 nitrogen and oxygen atoms in total. The maximum absolute atomic E-state index is 8.90. The van der Waals surface area contributed by atoms with Crippen LogP contribution in [0.2, 0.25) is 0 Å². The van der Waals surface area contributed by atoms with Crippen molar-refractivity contribution >= 4 is 5.95 Å². The van der Waals surface area contributed by atoms with Gasteiger partial charge in [-0.2, -0.15) is 0 Å². The normalized spacial score (nSPS) is 13.0. The highest BCUT2D eigenvalue weighted by Gasteiger charge is 2.01. The Labute approximate surface area is 64.2 Å². The van der Waals surface area contributed by atoms with Crippen molar-refractivity contribution in [1.29, 1.82) is 0 Å². The number of rotatable bonds is 3. The summed E-state index contributed by atoms with van der Waals surface area (Å²) in [5.74, 6) is 0.561. The molecule has 0 fully saturated rings. The predicted octanol–water partition coefficient (Wildman–Crippen LogP) is -0.997. The van der Waals surface area contributed by atoms with Crippen molar-refractivity contribution < 1.29 is 5.11 Å². The molecule has 0 saturated heterocycles. The molecular formula is C5H11N5O. The quantitative estimate of drug-likeness (QED) is 0.588. The molecule has 0 aliphatic carbocycles. The lowest BCUT2D eigenvalue weighted by Gasteiger charge is -2.04. The third-order valence-corrected chi connectivity index (χ3v) is 1.18.